The number of hydrogen-bond acceptors (Lipinski definition) is 4. The van der Waals surface area contributed by atoms with E-state index in [-0.39, 0.29) is 15.7 Å². The van der Waals surface area contributed by atoms with Crippen LogP contribution >= 0.6 is 35.0 Å². The van der Waals surface area contributed by atoms with E-state index in [2.05, 4.69) is 10.3 Å². The molecule has 0 atom stereocenters. The zero-order chi connectivity index (χ0) is 20.2. The van der Waals surface area contributed by atoms with Crippen LogP contribution in [0.15, 0.2) is 35.5 Å². The van der Waals surface area contributed by atoms with E-state index in [1.54, 1.807) is 0 Å². The fourth-order valence-corrected chi connectivity index (χ4v) is 3.49. The molecule has 0 aliphatic rings. The molecule has 146 valence electrons. The van der Waals surface area contributed by atoms with E-state index in [1.807, 2.05) is 19.0 Å². The van der Waals surface area contributed by atoms with Crippen molar-refractivity contribution in [3.05, 3.63) is 51.6 Å². The highest BCUT2D eigenvalue weighted by Gasteiger charge is 2.36. The zero-order valence-electron chi connectivity index (χ0n) is 14.4. The summed E-state index contributed by atoms with van der Waals surface area (Å²) in [6, 6.07) is 5.15. The zero-order valence-corrected chi connectivity index (χ0v) is 16.7. The summed E-state index contributed by atoms with van der Waals surface area (Å²) in [6.07, 6.45) is -3.77. The van der Waals surface area contributed by atoms with Crippen LogP contribution in [0.25, 0.3) is 0 Å². The van der Waals surface area contributed by atoms with E-state index in [9.17, 15) is 18.0 Å². The van der Waals surface area contributed by atoms with E-state index >= 15 is 0 Å². The number of nitrogens with zero attached hydrogens (tertiary/aromatic N) is 2. The highest BCUT2D eigenvalue weighted by Crippen LogP contribution is 2.34. The number of alkyl halides is 3. The summed E-state index contributed by atoms with van der Waals surface area (Å²) < 4.78 is 40.3. The van der Waals surface area contributed by atoms with Crippen molar-refractivity contribution < 1.29 is 18.0 Å². The van der Waals surface area contributed by atoms with Gasteiger partial charge in [-0.1, -0.05) is 23.2 Å². The molecule has 27 heavy (non-hydrogen) atoms. The van der Waals surface area contributed by atoms with Crippen LogP contribution in [-0.4, -0.2) is 42.2 Å². The second-order valence-electron chi connectivity index (χ2n) is 5.80. The Morgan fingerprint density at radius 3 is 2.56 bits per heavy atom. The SMILES string of the molecule is CN(C)CCSc1cc(C(F)(F)F)c(C(=O)Nc2ccc(Cl)cc2Cl)cn1. The van der Waals surface area contributed by atoms with Gasteiger partial charge in [-0.25, -0.2) is 4.98 Å². The van der Waals surface area contributed by atoms with Crippen LogP contribution in [0, 0.1) is 0 Å². The van der Waals surface area contributed by atoms with Gasteiger partial charge in [-0.15, -0.1) is 11.8 Å². The summed E-state index contributed by atoms with van der Waals surface area (Å²) >= 11 is 12.9. The average Bonchev–Trinajstić information content (AvgIpc) is 2.56. The van der Waals surface area contributed by atoms with Crippen LogP contribution in [-0.2, 0) is 6.18 Å². The number of halogens is 5. The third-order valence-corrected chi connectivity index (χ3v) is 4.85. The van der Waals surface area contributed by atoms with E-state index in [0.717, 1.165) is 12.3 Å². The molecule has 0 radical (unpaired) electrons. The lowest BCUT2D eigenvalue weighted by Crippen LogP contribution is -2.20. The minimum absolute atomic E-state index is 0.119. The first kappa shape index (κ1) is 21.8. The molecule has 1 aromatic carbocycles. The van der Waals surface area contributed by atoms with E-state index in [1.165, 1.54) is 30.0 Å². The quantitative estimate of drug-likeness (QED) is 0.621. The van der Waals surface area contributed by atoms with Crippen LogP contribution in [0.3, 0.4) is 0 Å². The number of thioether (sulfide) groups is 1. The van der Waals surface area contributed by atoms with Crippen molar-refractivity contribution in [1.29, 1.82) is 0 Å². The Bertz CT molecular complexity index is 832. The van der Waals surface area contributed by atoms with Crippen molar-refractivity contribution in [2.24, 2.45) is 0 Å². The summed E-state index contributed by atoms with van der Waals surface area (Å²) in [7, 11) is 3.73. The molecule has 0 saturated heterocycles. The molecule has 2 aromatic rings. The lowest BCUT2D eigenvalue weighted by Gasteiger charge is -2.15. The van der Waals surface area contributed by atoms with Gasteiger partial charge >= 0.3 is 6.18 Å². The van der Waals surface area contributed by atoms with Crippen LogP contribution in [0.5, 0.6) is 0 Å². The second-order valence-corrected chi connectivity index (χ2v) is 7.75. The normalized spacial score (nSPS) is 11.7. The van der Waals surface area contributed by atoms with Crippen LogP contribution in [0.2, 0.25) is 10.0 Å². The van der Waals surface area contributed by atoms with Crippen molar-refractivity contribution in [2.75, 3.05) is 31.7 Å². The number of nitrogens with one attached hydrogen (secondary N) is 1. The third kappa shape index (κ3) is 6.27. The van der Waals surface area contributed by atoms with Crippen molar-refractivity contribution in [3.63, 3.8) is 0 Å². The molecule has 4 nitrogen and oxygen atoms in total. The smallest absolute Gasteiger partial charge is 0.321 e. The number of aromatic nitrogens is 1. The van der Waals surface area contributed by atoms with Crippen molar-refractivity contribution >= 4 is 46.6 Å². The molecule has 0 spiro atoms. The van der Waals surface area contributed by atoms with Gasteiger partial charge in [0.15, 0.2) is 0 Å². The van der Waals surface area contributed by atoms with Crippen molar-refractivity contribution in [2.45, 2.75) is 11.2 Å². The molecule has 1 heterocycles. The fraction of sp³-hybridized carbons (Fsp3) is 0.294. The molecule has 10 heteroatoms. The molecule has 2 rings (SSSR count). The van der Waals surface area contributed by atoms with Crippen LogP contribution < -0.4 is 5.32 Å². The van der Waals surface area contributed by atoms with Gasteiger partial charge in [-0.05, 0) is 38.4 Å². The first-order chi connectivity index (χ1) is 12.6. The first-order valence-corrected chi connectivity index (χ1v) is 9.43. The third-order valence-electron chi connectivity index (χ3n) is 3.40. The molecule has 0 unspecified atom stereocenters. The Labute approximate surface area is 169 Å². The molecular weight excluding hydrogens is 422 g/mol. The highest BCUT2D eigenvalue weighted by molar-refractivity contribution is 7.99. The predicted octanol–water partition coefficient (Wildman–Crippen LogP) is 5.31. The van der Waals surface area contributed by atoms with Crippen LogP contribution in [0.1, 0.15) is 15.9 Å². The Kier molecular flexibility index (Phi) is 7.39. The first-order valence-electron chi connectivity index (χ1n) is 7.69. The predicted molar refractivity (Wildman–Crippen MR) is 103 cm³/mol. The number of benzene rings is 1. The van der Waals surface area contributed by atoms with Gasteiger partial charge in [-0.2, -0.15) is 13.2 Å². The molecule has 0 saturated carbocycles. The summed E-state index contributed by atoms with van der Waals surface area (Å²) in [4.78, 5) is 18.3. The summed E-state index contributed by atoms with van der Waals surface area (Å²) in [6.45, 7) is 0.686. The van der Waals surface area contributed by atoms with Gasteiger partial charge < -0.3 is 10.2 Å². The fourth-order valence-electron chi connectivity index (χ4n) is 2.04. The number of amides is 1. The molecule has 0 fully saturated rings. The molecule has 1 N–H and O–H groups in total. The van der Waals surface area contributed by atoms with Crippen molar-refractivity contribution in [1.82, 2.24) is 9.88 Å². The molecule has 1 aromatic heterocycles. The van der Waals surface area contributed by atoms with E-state index < -0.39 is 23.2 Å². The minimum atomic E-state index is -4.70. The lowest BCUT2D eigenvalue weighted by atomic mass is 10.1. The second kappa shape index (κ2) is 9.14. The van der Waals surface area contributed by atoms with Gasteiger partial charge in [-0.3, -0.25) is 4.79 Å². The molecule has 0 bridgehead atoms. The lowest BCUT2D eigenvalue weighted by molar-refractivity contribution is -0.138. The number of carbonyl (C=O) groups excluding carboxylic acids is 1. The number of anilines is 1. The Morgan fingerprint density at radius 1 is 1.26 bits per heavy atom. The van der Waals surface area contributed by atoms with Gasteiger partial charge in [0.2, 0.25) is 0 Å². The topological polar surface area (TPSA) is 45.2 Å². The van der Waals surface area contributed by atoms with Crippen LogP contribution in [0.4, 0.5) is 18.9 Å². The number of rotatable bonds is 6. The maximum absolute atomic E-state index is 13.4. The van der Waals surface area contributed by atoms with Gasteiger partial charge in [0.05, 0.1) is 26.9 Å². The Hall–Kier alpha value is -1.48. The Balaban J connectivity index is 2.27. The number of pyridine rings is 1. The summed E-state index contributed by atoms with van der Waals surface area (Å²) in [5.41, 5.74) is -1.47. The molecular formula is C17H16Cl2F3N3OS. The van der Waals surface area contributed by atoms with E-state index in [0.29, 0.717) is 17.3 Å². The molecule has 0 aliphatic carbocycles. The molecule has 0 aliphatic heterocycles. The number of hydrogen-bond donors (Lipinski definition) is 1. The van der Waals surface area contributed by atoms with Gasteiger partial charge in [0.1, 0.15) is 0 Å². The summed E-state index contributed by atoms with van der Waals surface area (Å²) in [5, 5.41) is 3.02. The van der Waals surface area contributed by atoms with Gasteiger partial charge in [0.25, 0.3) is 5.91 Å². The maximum atomic E-state index is 13.4. The van der Waals surface area contributed by atoms with Gasteiger partial charge in [0, 0.05) is 23.5 Å². The molecule has 1 amide bonds. The Morgan fingerprint density at radius 2 is 1.96 bits per heavy atom. The minimum Gasteiger partial charge on any atom is -0.321 e. The van der Waals surface area contributed by atoms with E-state index in [4.69, 9.17) is 23.2 Å². The number of carbonyl (C=O) groups is 1. The summed E-state index contributed by atoms with van der Waals surface area (Å²) in [5.74, 6) is -0.382. The standard InChI is InChI=1S/C17H16Cl2F3N3OS/c1-25(2)5-6-27-15-8-12(17(20,21)22)11(9-23-15)16(26)24-14-4-3-10(18)7-13(14)19/h3-4,7-9H,5-6H2,1-2H3,(H,24,26). The highest BCUT2D eigenvalue weighted by atomic mass is 35.5. The average molecular weight is 438 g/mol. The van der Waals surface area contributed by atoms with Crippen molar-refractivity contribution in [3.8, 4) is 0 Å². The largest absolute Gasteiger partial charge is 0.417 e. The monoisotopic (exact) mass is 437 g/mol. The maximum Gasteiger partial charge on any atom is 0.417 e.